The first kappa shape index (κ1) is 15.8. The lowest BCUT2D eigenvalue weighted by molar-refractivity contribution is 0.0949. The topological polar surface area (TPSA) is 90.6 Å². The third kappa shape index (κ3) is 2.87. The molecule has 1 aliphatic rings. The summed E-state index contributed by atoms with van der Waals surface area (Å²) in [6, 6.07) is 12.8. The second-order valence-corrected chi connectivity index (χ2v) is 6.78. The molecule has 0 unspecified atom stereocenters. The molecular formula is C18H13N5O3S. The maximum absolute atomic E-state index is 12.4. The summed E-state index contributed by atoms with van der Waals surface area (Å²) in [5.74, 6) is 1.52. The molecule has 134 valence electrons. The Morgan fingerprint density at radius 3 is 2.96 bits per heavy atom. The van der Waals surface area contributed by atoms with Crippen LogP contribution in [0.3, 0.4) is 0 Å². The van der Waals surface area contributed by atoms with Gasteiger partial charge in [0.05, 0.1) is 11.4 Å². The standard InChI is InChI=1S/C18H13N5O3S/c24-18(11-3-5-13-14(8-11)26-10-25-13)19-9-17-21-20-16-6-4-12(22-23(16)17)15-2-1-7-27-15/h1-8H,9-10H2,(H,19,24). The molecule has 0 saturated heterocycles. The number of thiophene rings is 1. The van der Waals surface area contributed by atoms with E-state index in [1.54, 1.807) is 34.1 Å². The first-order chi connectivity index (χ1) is 13.3. The number of ether oxygens (including phenoxy) is 2. The van der Waals surface area contributed by atoms with Gasteiger partial charge in [0.25, 0.3) is 5.91 Å². The normalized spacial score (nSPS) is 12.4. The zero-order valence-electron chi connectivity index (χ0n) is 14.0. The van der Waals surface area contributed by atoms with E-state index in [-0.39, 0.29) is 19.2 Å². The minimum atomic E-state index is -0.237. The molecule has 8 nitrogen and oxygen atoms in total. The van der Waals surface area contributed by atoms with E-state index < -0.39 is 0 Å². The van der Waals surface area contributed by atoms with Crippen molar-refractivity contribution in [2.24, 2.45) is 0 Å². The lowest BCUT2D eigenvalue weighted by Crippen LogP contribution is -2.24. The van der Waals surface area contributed by atoms with Crippen LogP contribution in [0.5, 0.6) is 11.5 Å². The summed E-state index contributed by atoms with van der Waals surface area (Å²) in [7, 11) is 0. The first-order valence-corrected chi connectivity index (χ1v) is 9.09. The van der Waals surface area contributed by atoms with Crippen molar-refractivity contribution in [2.75, 3.05) is 6.79 Å². The summed E-state index contributed by atoms with van der Waals surface area (Å²) >= 11 is 1.61. The van der Waals surface area contributed by atoms with Crippen molar-refractivity contribution in [2.45, 2.75) is 6.54 Å². The van der Waals surface area contributed by atoms with Crippen LogP contribution in [0, 0.1) is 0 Å². The number of hydrogen-bond acceptors (Lipinski definition) is 7. The fourth-order valence-electron chi connectivity index (χ4n) is 2.80. The van der Waals surface area contributed by atoms with Crippen molar-refractivity contribution < 1.29 is 14.3 Å². The number of hydrogen-bond donors (Lipinski definition) is 1. The van der Waals surface area contributed by atoms with E-state index in [2.05, 4.69) is 20.6 Å². The number of nitrogens with one attached hydrogen (secondary N) is 1. The highest BCUT2D eigenvalue weighted by Gasteiger charge is 2.17. The number of amides is 1. The Hall–Kier alpha value is -3.46. The van der Waals surface area contributed by atoms with Crippen LogP contribution in [0.15, 0.2) is 47.8 Å². The van der Waals surface area contributed by atoms with E-state index >= 15 is 0 Å². The van der Waals surface area contributed by atoms with Gasteiger partial charge in [0.15, 0.2) is 23.0 Å². The monoisotopic (exact) mass is 379 g/mol. The molecule has 0 spiro atoms. The van der Waals surface area contributed by atoms with Gasteiger partial charge in [-0.3, -0.25) is 4.79 Å². The number of benzene rings is 1. The van der Waals surface area contributed by atoms with Crippen molar-refractivity contribution in [3.8, 4) is 22.1 Å². The van der Waals surface area contributed by atoms with Crippen LogP contribution in [0.4, 0.5) is 0 Å². The van der Waals surface area contributed by atoms with Gasteiger partial charge in [-0.2, -0.15) is 9.61 Å². The van der Waals surface area contributed by atoms with Crippen molar-refractivity contribution >= 4 is 22.9 Å². The van der Waals surface area contributed by atoms with Gasteiger partial charge in [0, 0.05) is 5.56 Å². The predicted octanol–water partition coefficient (Wildman–Crippen LogP) is 2.51. The van der Waals surface area contributed by atoms with Gasteiger partial charge in [-0.25, -0.2) is 0 Å². The van der Waals surface area contributed by atoms with Gasteiger partial charge in [-0.1, -0.05) is 6.07 Å². The van der Waals surface area contributed by atoms with Crippen molar-refractivity contribution in [1.82, 2.24) is 25.1 Å². The number of fused-ring (bicyclic) bond motifs is 2. The van der Waals surface area contributed by atoms with E-state index in [9.17, 15) is 4.79 Å². The molecule has 0 saturated carbocycles. The molecule has 1 aliphatic heterocycles. The Morgan fingerprint density at radius 2 is 2.07 bits per heavy atom. The number of rotatable bonds is 4. The zero-order valence-corrected chi connectivity index (χ0v) is 14.8. The molecule has 5 rings (SSSR count). The molecule has 4 heterocycles. The Labute approximate surface area is 157 Å². The van der Waals surface area contributed by atoms with Crippen LogP contribution in [-0.4, -0.2) is 32.5 Å². The predicted molar refractivity (Wildman–Crippen MR) is 97.8 cm³/mol. The Balaban J connectivity index is 1.37. The van der Waals surface area contributed by atoms with Crippen molar-refractivity contribution in [3.05, 3.63) is 59.2 Å². The number of aromatic nitrogens is 4. The quantitative estimate of drug-likeness (QED) is 0.586. The summed E-state index contributed by atoms with van der Waals surface area (Å²) in [6.45, 7) is 0.375. The molecule has 3 aromatic heterocycles. The molecule has 1 N–H and O–H groups in total. The largest absolute Gasteiger partial charge is 0.454 e. The molecule has 4 aromatic rings. The fraction of sp³-hybridized carbons (Fsp3) is 0.111. The van der Waals surface area contributed by atoms with E-state index in [1.165, 1.54) is 0 Å². The minimum absolute atomic E-state index is 0.171. The first-order valence-electron chi connectivity index (χ1n) is 8.21. The highest BCUT2D eigenvalue weighted by atomic mass is 32.1. The van der Waals surface area contributed by atoms with Crippen molar-refractivity contribution in [3.63, 3.8) is 0 Å². The van der Waals surface area contributed by atoms with Gasteiger partial charge in [-0.05, 0) is 41.8 Å². The van der Waals surface area contributed by atoms with Crippen LogP contribution in [0.2, 0.25) is 0 Å². The Kier molecular flexibility index (Phi) is 3.72. The van der Waals surface area contributed by atoms with Crippen LogP contribution in [0.25, 0.3) is 16.2 Å². The zero-order chi connectivity index (χ0) is 18.2. The lowest BCUT2D eigenvalue weighted by Gasteiger charge is -2.05. The van der Waals surface area contributed by atoms with Crippen LogP contribution >= 0.6 is 11.3 Å². The Morgan fingerprint density at radius 1 is 1.15 bits per heavy atom. The fourth-order valence-corrected chi connectivity index (χ4v) is 3.49. The smallest absolute Gasteiger partial charge is 0.251 e. The average molecular weight is 379 g/mol. The minimum Gasteiger partial charge on any atom is -0.454 e. The molecule has 27 heavy (non-hydrogen) atoms. The summed E-state index contributed by atoms with van der Waals surface area (Å²) in [5.41, 5.74) is 1.95. The molecule has 9 heteroatoms. The number of carbonyl (C=O) groups is 1. The van der Waals surface area contributed by atoms with Crippen molar-refractivity contribution in [1.29, 1.82) is 0 Å². The molecule has 0 fully saturated rings. The molecule has 0 radical (unpaired) electrons. The molecule has 0 atom stereocenters. The number of nitrogens with zero attached hydrogens (tertiary/aromatic N) is 4. The number of carbonyl (C=O) groups excluding carboxylic acids is 1. The van der Waals surface area contributed by atoms with Crippen LogP contribution in [-0.2, 0) is 6.54 Å². The maximum Gasteiger partial charge on any atom is 0.251 e. The van der Waals surface area contributed by atoms with E-state index in [4.69, 9.17) is 9.47 Å². The molecule has 0 aliphatic carbocycles. The van der Waals surface area contributed by atoms with Gasteiger partial charge in [0.1, 0.15) is 5.69 Å². The third-order valence-corrected chi connectivity index (χ3v) is 5.04. The van der Waals surface area contributed by atoms with E-state index in [1.807, 2.05) is 29.6 Å². The highest BCUT2D eigenvalue weighted by molar-refractivity contribution is 7.13. The van der Waals surface area contributed by atoms with Gasteiger partial charge in [0.2, 0.25) is 6.79 Å². The average Bonchev–Trinajstić information content (AvgIpc) is 3.45. The van der Waals surface area contributed by atoms with Gasteiger partial charge < -0.3 is 14.8 Å². The summed E-state index contributed by atoms with van der Waals surface area (Å²) in [4.78, 5) is 13.5. The highest BCUT2D eigenvalue weighted by Crippen LogP contribution is 2.32. The third-order valence-electron chi connectivity index (χ3n) is 4.14. The summed E-state index contributed by atoms with van der Waals surface area (Å²) < 4.78 is 12.2. The summed E-state index contributed by atoms with van der Waals surface area (Å²) in [5, 5.41) is 17.7. The van der Waals surface area contributed by atoms with Gasteiger partial charge >= 0.3 is 0 Å². The Bertz CT molecular complexity index is 1140. The second-order valence-electron chi connectivity index (χ2n) is 5.83. The maximum atomic E-state index is 12.4. The van der Waals surface area contributed by atoms with E-state index in [0.29, 0.717) is 28.5 Å². The van der Waals surface area contributed by atoms with Gasteiger partial charge in [-0.15, -0.1) is 21.5 Å². The van der Waals surface area contributed by atoms with Crippen LogP contribution < -0.4 is 14.8 Å². The molecule has 1 aromatic carbocycles. The van der Waals surface area contributed by atoms with Crippen LogP contribution in [0.1, 0.15) is 16.2 Å². The molecular weight excluding hydrogens is 366 g/mol. The lowest BCUT2D eigenvalue weighted by atomic mass is 10.2. The SMILES string of the molecule is O=C(NCc1nnc2ccc(-c3cccs3)nn12)c1ccc2c(c1)OCO2. The summed E-state index contributed by atoms with van der Waals surface area (Å²) in [6.07, 6.45) is 0. The molecule has 0 bridgehead atoms. The van der Waals surface area contributed by atoms with E-state index in [0.717, 1.165) is 10.6 Å². The second kappa shape index (κ2) is 6.36. The molecule has 1 amide bonds.